The second-order valence-corrected chi connectivity index (χ2v) is 6.43. The molecule has 2 aromatic rings. The summed E-state index contributed by atoms with van der Waals surface area (Å²) in [6.45, 7) is 3.95. The first-order valence-electron chi connectivity index (χ1n) is 5.85. The molecule has 0 aliphatic rings. The molecule has 102 valence electrons. The highest BCUT2D eigenvalue weighted by molar-refractivity contribution is 9.10. The standard InChI is InChI=1S/C13H15BrFN3S/c1-7-13(19-8(2)17-7)12(18-16)5-9-3-4-10(15)6-11(9)14/h3-4,6,12,18H,5,16H2,1-2H3. The fraction of sp³-hybridized carbons (Fsp3) is 0.308. The number of halogens is 2. The number of hydrazine groups is 1. The Labute approximate surface area is 124 Å². The van der Waals surface area contributed by atoms with E-state index in [2.05, 4.69) is 26.3 Å². The molecule has 3 nitrogen and oxygen atoms in total. The molecule has 0 aliphatic carbocycles. The molecule has 1 unspecified atom stereocenters. The lowest BCUT2D eigenvalue weighted by molar-refractivity contribution is 0.554. The van der Waals surface area contributed by atoms with Gasteiger partial charge in [-0.3, -0.25) is 11.3 Å². The summed E-state index contributed by atoms with van der Waals surface area (Å²) in [7, 11) is 0. The minimum absolute atomic E-state index is 0.0204. The minimum atomic E-state index is -0.252. The third kappa shape index (κ3) is 3.39. The number of thiazole rings is 1. The third-order valence-corrected chi connectivity index (χ3v) is 4.82. The summed E-state index contributed by atoms with van der Waals surface area (Å²) in [5.74, 6) is 5.40. The molecule has 0 saturated carbocycles. The zero-order valence-electron chi connectivity index (χ0n) is 10.7. The number of benzene rings is 1. The van der Waals surface area contributed by atoms with Gasteiger partial charge in [-0.1, -0.05) is 22.0 Å². The van der Waals surface area contributed by atoms with Gasteiger partial charge in [0, 0.05) is 9.35 Å². The van der Waals surface area contributed by atoms with Gasteiger partial charge in [0.2, 0.25) is 0 Å². The number of nitrogens with one attached hydrogen (secondary N) is 1. The molecule has 2 rings (SSSR count). The Hall–Kier alpha value is -0.820. The van der Waals surface area contributed by atoms with Crippen LogP contribution < -0.4 is 11.3 Å². The van der Waals surface area contributed by atoms with E-state index < -0.39 is 0 Å². The molecule has 0 radical (unpaired) electrons. The Balaban J connectivity index is 2.26. The lowest BCUT2D eigenvalue weighted by atomic mass is 10.0. The first-order valence-corrected chi connectivity index (χ1v) is 7.46. The Kier molecular flexibility index (Phi) is 4.67. The van der Waals surface area contributed by atoms with Crippen molar-refractivity contribution in [3.05, 3.63) is 49.6 Å². The van der Waals surface area contributed by atoms with E-state index in [-0.39, 0.29) is 11.9 Å². The van der Waals surface area contributed by atoms with Gasteiger partial charge in [0.1, 0.15) is 5.82 Å². The van der Waals surface area contributed by atoms with Crippen LogP contribution in [0.25, 0.3) is 0 Å². The average Bonchev–Trinajstić information content (AvgIpc) is 2.68. The Morgan fingerprint density at radius 3 is 2.74 bits per heavy atom. The molecule has 0 saturated heterocycles. The molecule has 1 aromatic carbocycles. The third-order valence-electron chi connectivity index (χ3n) is 2.90. The first kappa shape index (κ1) is 14.6. The van der Waals surface area contributed by atoms with Crippen molar-refractivity contribution in [2.75, 3.05) is 0 Å². The van der Waals surface area contributed by atoms with Crippen LogP contribution in [-0.2, 0) is 6.42 Å². The van der Waals surface area contributed by atoms with Crippen LogP contribution in [0.15, 0.2) is 22.7 Å². The van der Waals surface area contributed by atoms with Crippen LogP contribution in [0.5, 0.6) is 0 Å². The highest BCUT2D eigenvalue weighted by Gasteiger charge is 2.18. The molecule has 0 amide bonds. The van der Waals surface area contributed by atoms with Gasteiger partial charge in [0.05, 0.1) is 16.7 Å². The normalized spacial score (nSPS) is 12.7. The maximum absolute atomic E-state index is 13.1. The van der Waals surface area contributed by atoms with Crippen molar-refractivity contribution in [1.29, 1.82) is 0 Å². The minimum Gasteiger partial charge on any atom is -0.271 e. The number of rotatable bonds is 4. The zero-order chi connectivity index (χ0) is 14.0. The van der Waals surface area contributed by atoms with Gasteiger partial charge in [-0.05, 0) is 38.0 Å². The number of aryl methyl sites for hydroxylation is 2. The van der Waals surface area contributed by atoms with Crippen molar-refractivity contribution < 1.29 is 4.39 Å². The van der Waals surface area contributed by atoms with E-state index in [1.807, 2.05) is 13.8 Å². The fourth-order valence-corrected chi connectivity index (χ4v) is 3.51. The van der Waals surface area contributed by atoms with E-state index in [9.17, 15) is 4.39 Å². The van der Waals surface area contributed by atoms with E-state index in [0.29, 0.717) is 6.42 Å². The summed E-state index contributed by atoms with van der Waals surface area (Å²) in [6, 6.07) is 4.67. The molecule has 6 heteroatoms. The Morgan fingerprint density at radius 2 is 2.21 bits per heavy atom. The van der Waals surface area contributed by atoms with Crippen molar-refractivity contribution in [1.82, 2.24) is 10.4 Å². The summed E-state index contributed by atoms with van der Waals surface area (Å²) in [6.07, 6.45) is 0.680. The van der Waals surface area contributed by atoms with Gasteiger partial charge in [-0.15, -0.1) is 11.3 Å². The van der Waals surface area contributed by atoms with Crippen molar-refractivity contribution in [2.24, 2.45) is 5.84 Å². The molecular formula is C13H15BrFN3S. The predicted octanol–water partition coefficient (Wildman–Crippen LogP) is 3.41. The summed E-state index contributed by atoms with van der Waals surface area (Å²) in [5.41, 5.74) is 4.82. The second kappa shape index (κ2) is 6.09. The van der Waals surface area contributed by atoms with Crippen molar-refractivity contribution >= 4 is 27.3 Å². The number of nitrogens with zero attached hydrogens (tertiary/aromatic N) is 1. The Morgan fingerprint density at radius 1 is 1.47 bits per heavy atom. The van der Waals surface area contributed by atoms with Gasteiger partial charge >= 0.3 is 0 Å². The van der Waals surface area contributed by atoms with E-state index in [1.165, 1.54) is 12.1 Å². The fourth-order valence-electron chi connectivity index (χ4n) is 2.00. The number of hydrogen-bond donors (Lipinski definition) is 2. The first-order chi connectivity index (χ1) is 9.01. The van der Waals surface area contributed by atoms with E-state index in [1.54, 1.807) is 17.4 Å². The summed E-state index contributed by atoms with van der Waals surface area (Å²) >= 11 is 5.01. The SMILES string of the molecule is Cc1nc(C)c(C(Cc2ccc(F)cc2Br)NN)s1. The molecule has 1 aromatic heterocycles. The summed E-state index contributed by atoms with van der Waals surface area (Å²) < 4.78 is 13.8. The van der Waals surface area contributed by atoms with Crippen LogP contribution in [0.3, 0.4) is 0 Å². The molecule has 1 heterocycles. The monoisotopic (exact) mass is 343 g/mol. The second-order valence-electron chi connectivity index (χ2n) is 4.34. The van der Waals surface area contributed by atoms with Crippen molar-refractivity contribution in [3.8, 4) is 0 Å². The molecular weight excluding hydrogens is 329 g/mol. The maximum Gasteiger partial charge on any atom is 0.124 e. The average molecular weight is 344 g/mol. The highest BCUT2D eigenvalue weighted by Crippen LogP contribution is 2.29. The van der Waals surface area contributed by atoms with Gasteiger partial charge in [0.25, 0.3) is 0 Å². The molecule has 1 atom stereocenters. The number of aromatic nitrogens is 1. The van der Waals surface area contributed by atoms with Gasteiger partial charge in [0.15, 0.2) is 0 Å². The molecule has 0 aliphatic heterocycles. The van der Waals surface area contributed by atoms with Crippen molar-refractivity contribution in [2.45, 2.75) is 26.3 Å². The van der Waals surface area contributed by atoms with Crippen LogP contribution in [0.1, 0.15) is 27.2 Å². The van der Waals surface area contributed by atoms with Crippen LogP contribution >= 0.6 is 27.3 Å². The van der Waals surface area contributed by atoms with Gasteiger partial charge in [-0.2, -0.15) is 0 Å². The topological polar surface area (TPSA) is 50.9 Å². The highest BCUT2D eigenvalue weighted by atomic mass is 79.9. The van der Waals surface area contributed by atoms with Gasteiger partial charge < -0.3 is 0 Å². The number of hydrogen-bond acceptors (Lipinski definition) is 4. The molecule has 0 fully saturated rings. The summed E-state index contributed by atoms with van der Waals surface area (Å²) in [5, 5.41) is 1.02. The largest absolute Gasteiger partial charge is 0.271 e. The van der Waals surface area contributed by atoms with Gasteiger partial charge in [-0.25, -0.2) is 9.37 Å². The molecule has 0 spiro atoms. The zero-order valence-corrected chi connectivity index (χ0v) is 13.1. The maximum atomic E-state index is 13.1. The summed E-state index contributed by atoms with van der Waals surface area (Å²) in [4.78, 5) is 5.53. The molecule has 3 N–H and O–H groups in total. The number of nitrogens with two attached hydrogens (primary N) is 1. The lowest BCUT2D eigenvalue weighted by Crippen LogP contribution is -2.29. The van der Waals surface area contributed by atoms with Crippen LogP contribution in [0.2, 0.25) is 0 Å². The Bertz CT molecular complexity index is 585. The lowest BCUT2D eigenvalue weighted by Gasteiger charge is -2.16. The van der Waals surface area contributed by atoms with E-state index in [0.717, 1.165) is 25.6 Å². The van der Waals surface area contributed by atoms with Crippen LogP contribution in [-0.4, -0.2) is 4.98 Å². The van der Waals surface area contributed by atoms with Crippen molar-refractivity contribution in [3.63, 3.8) is 0 Å². The molecule has 0 bridgehead atoms. The van der Waals surface area contributed by atoms with E-state index >= 15 is 0 Å². The molecule has 19 heavy (non-hydrogen) atoms. The van der Waals surface area contributed by atoms with Crippen LogP contribution in [0.4, 0.5) is 4.39 Å². The van der Waals surface area contributed by atoms with E-state index in [4.69, 9.17) is 5.84 Å². The smallest absolute Gasteiger partial charge is 0.124 e. The quantitative estimate of drug-likeness (QED) is 0.660. The van der Waals surface area contributed by atoms with Crippen LogP contribution in [0, 0.1) is 19.7 Å². The predicted molar refractivity (Wildman–Crippen MR) is 79.5 cm³/mol.